The Hall–Kier alpha value is -0.400. The maximum atomic E-state index is 5.06. The number of piperazine rings is 1. The molecule has 1 saturated carbocycles. The standard InChI is InChI=1S/2C10H21N.C10H20.3C9H19N.C8H18N2.2C8H17N.C7H14O.CH4/c1-10(2,3)9-5-4-7-11-8-6-9;1-10(2,3)9-6-4-5-7-11-8-9;1-10(2,3)9-7-5-4-6-8-9;1-9(2,3)8-4-6-10-7-5-8;1-9(2,3)8-5-4-6-10-7-8;1-9(2,3)10-7-5-4-6-8-10;1-8(2,3)10-6-4-9-5-7-10;1-8(2,3)7-4-5-9-6-7;1-8(2,3)9-6-4-5-7-9;1-7(2,3)6-4-8-5-6;/h2*9,11H,4-8H2,1-3H3;9H,4-8H2,1-3H3;2*8,10H,4-7H2,1-3H3;4-8H2,1-3H3;9H,4-7H2,1-3H3;7,9H,4-6H2,1-3H3;4-7H2,1-3H3;6H,4-5H2,1-3H3;1H4. The van der Waals surface area contributed by atoms with Crippen molar-refractivity contribution in [1.82, 2.24) is 46.6 Å². The molecule has 0 aromatic heterocycles. The van der Waals surface area contributed by atoms with Gasteiger partial charge in [-0.15, -0.1) is 0 Å². The number of nitrogens with zero attached hydrogens (tertiary/aromatic N) is 3. The first-order valence-corrected chi connectivity index (χ1v) is 42.1. The van der Waals surface area contributed by atoms with Crippen LogP contribution in [0, 0.1) is 79.3 Å². The molecule has 9 saturated heterocycles. The Bertz CT molecular complexity index is 1640. The van der Waals surface area contributed by atoms with E-state index < -0.39 is 0 Å². The maximum absolute atomic E-state index is 5.06. The molecule has 10 fully saturated rings. The zero-order valence-corrected chi connectivity index (χ0v) is 72.8. The number of hydrogen-bond donors (Lipinski definition) is 6. The van der Waals surface area contributed by atoms with Gasteiger partial charge in [0.2, 0.25) is 0 Å². The maximum Gasteiger partial charge on any atom is 0.0521 e. The fourth-order valence-electron chi connectivity index (χ4n) is 15.3. The van der Waals surface area contributed by atoms with Crippen molar-refractivity contribution in [3.63, 3.8) is 0 Å². The zero-order chi connectivity index (χ0) is 74.7. The Labute approximate surface area is 625 Å². The van der Waals surface area contributed by atoms with Crippen LogP contribution in [0.4, 0.5) is 0 Å². The second-order valence-electron chi connectivity index (χ2n) is 42.7. The van der Waals surface area contributed by atoms with Crippen LogP contribution in [-0.2, 0) is 4.74 Å². The summed E-state index contributed by atoms with van der Waals surface area (Å²) in [5.74, 6) is 6.35. The van der Waals surface area contributed by atoms with E-state index >= 15 is 0 Å². The van der Waals surface area contributed by atoms with E-state index in [0.717, 1.165) is 67.7 Å². The first-order valence-electron chi connectivity index (χ1n) is 42.1. The molecular weight excluding hydrogens is 1210 g/mol. The molecule has 9 heterocycles. The Morgan fingerprint density at radius 2 is 0.444 bits per heavy atom. The largest absolute Gasteiger partial charge is 0.381 e. The smallest absolute Gasteiger partial charge is 0.0521 e. The predicted molar refractivity (Wildman–Crippen MR) is 446 cm³/mol. The highest BCUT2D eigenvalue weighted by Crippen LogP contribution is 2.39. The number of likely N-dealkylation sites (tertiary alicyclic amines) is 2. The van der Waals surface area contributed by atoms with Gasteiger partial charge >= 0.3 is 0 Å². The van der Waals surface area contributed by atoms with Crippen LogP contribution in [0.2, 0.25) is 0 Å². The highest BCUT2D eigenvalue weighted by Gasteiger charge is 2.33. The summed E-state index contributed by atoms with van der Waals surface area (Å²) in [6.07, 6.45) is 29.6. The summed E-state index contributed by atoms with van der Waals surface area (Å²) in [5.41, 5.74) is 4.79. The molecule has 10 nitrogen and oxygen atoms in total. The van der Waals surface area contributed by atoms with E-state index in [1.807, 2.05) is 0 Å². The van der Waals surface area contributed by atoms with Gasteiger partial charge in [0.25, 0.3) is 0 Å². The van der Waals surface area contributed by atoms with Crippen molar-refractivity contribution in [3.8, 4) is 0 Å². The van der Waals surface area contributed by atoms with E-state index in [2.05, 4.69) is 254 Å². The lowest BCUT2D eigenvalue weighted by Gasteiger charge is -2.38. The Morgan fingerprint density at radius 3 is 0.737 bits per heavy atom. The molecule has 4 atom stereocenters. The summed E-state index contributed by atoms with van der Waals surface area (Å²) in [7, 11) is 0. The van der Waals surface area contributed by atoms with E-state index in [1.54, 1.807) is 0 Å². The van der Waals surface area contributed by atoms with Crippen LogP contribution in [0.3, 0.4) is 0 Å². The zero-order valence-electron chi connectivity index (χ0n) is 72.8. The molecule has 0 spiro atoms. The van der Waals surface area contributed by atoms with E-state index in [-0.39, 0.29) is 7.43 Å². The minimum absolute atomic E-state index is 0. The van der Waals surface area contributed by atoms with Gasteiger partial charge in [-0.2, -0.15) is 0 Å². The fraction of sp³-hybridized carbons (Fsp3) is 1.00. The lowest BCUT2D eigenvalue weighted by molar-refractivity contribution is -0.0821. The normalized spacial score (nSPS) is 25.0. The van der Waals surface area contributed by atoms with Gasteiger partial charge in [-0.3, -0.25) is 14.7 Å². The second-order valence-corrected chi connectivity index (χ2v) is 42.7. The van der Waals surface area contributed by atoms with Crippen LogP contribution in [0.15, 0.2) is 0 Å². The minimum atomic E-state index is 0. The van der Waals surface area contributed by atoms with Gasteiger partial charge in [-0.25, -0.2) is 0 Å². The van der Waals surface area contributed by atoms with Crippen LogP contribution in [-0.4, -0.2) is 162 Å². The van der Waals surface area contributed by atoms with Crippen LogP contribution in [0.25, 0.3) is 0 Å². The lowest BCUT2D eigenvalue weighted by atomic mass is 9.72. The summed E-state index contributed by atoms with van der Waals surface area (Å²) in [6, 6.07) is 0. The lowest BCUT2D eigenvalue weighted by Crippen LogP contribution is -2.51. The molecule has 0 aromatic rings. The molecular formula is C89H189N9O. The third-order valence-corrected chi connectivity index (χ3v) is 24.1. The van der Waals surface area contributed by atoms with Crippen LogP contribution in [0.1, 0.15) is 350 Å². The number of piperidine rings is 3. The average molecular weight is 1400 g/mol. The Kier molecular flexibility index (Phi) is 47.9. The quantitative estimate of drug-likeness (QED) is 0.141. The molecule has 10 heteroatoms. The summed E-state index contributed by atoms with van der Waals surface area (Å²) in [4.78, 5) is 7.65. The molecule has 596 valence electrons. The molecule has 99 heavy (non-hydrogen) atoms. The van der Waals surface area contributed by atoms with Gasteiger partial charge in [0.05, 0.1) is 13.2 Å². The van der Waals surface area contributed by atoms with Crippen LogP contribution in [0.5, 0.6) is 0 Å². The average Bonchev–Trinajstić information content (AvgIpc) is 1.84. The number of rotatable bonds is 0. The van der Waals surface area contributed by atoms with Crippen molar-refractivity contribution >= 4 is 0 Å². The minimum Gasteiger partial charge on any atom is -0.381 e. The molecule has 0 amide bonds. The van der Waals surface area contributed by atoms with E-state index in [4.69, 9.17) is 4.74 Å². The Balaban J connectivity index is 0.00000108. The second kappa shape index (κ2) is 48.1. The number of nitrogens with one attached hydrogen (secondary N) is 6. The van der Waals surface area contributed by atoms with Crippen molar-refractivity contribution in [2.24, 2.45) is 79.3 Å². The molecule has 10 aliphatic rings. The highest BCUT2D eigenvalue weighted by molar-refractivity contribution is 4.86. The van der Waals surface area contributed by atoms with Crippen LogP contribution >= 0.6 is 0 Å². The van der Waals surface area contributed by atoms with E-state index in [1.165, 1.54) is 240 Å². The van der Waals surface area contributed by atoms with E-state index in [9.17, 15) is 0 Å². The predicted octanol–water partition coefficient (Wildman–Crippen LogP) is 21.3. The molecule has 1 aliphatic carbocycles. The fourth-order valence-corrected chi connectivity index (χ4v) is 15.3. The van der Waals surface area contributed by atoms with Gasteiger partial charge in [-0.1, -0.05) is 185 Å². The monoisotopic (exact) mass is 1400 g/mol. The molecule has 9 aliphatic heterocycles. The van der Waals surface area contributed by atoms with Crippen molar-refractivity contribution in [3.05, 3.63) is 0 Å². The molecule has 0 radical (unpaired) electrons. The number of ether oxygens (including phenoxy) is 1. The summed E-state index contributed by atoms with van der Waals surface area (Å²) in [6.45, 7) is 93.9. The summed E-state index contributed by atoms with van der Waals surface area (Å²) >= 11 is 0. The molecule has 4 unspecified atom stereocenters. The van der Waals surface area contributed by atoms with Gasteiger partial charge in [0.1, 0.15) is 0 Å². The van der Waals surface area contributed by atoms with Crippen molar-refractivity contribution in [2.45, 2.75) is 367 Å². The summed E-state index contributed by atoms with van der Waals surface area (Å²) in [5, 5.41) is 20.5. The third-order valence-electron chi connectivity index (χ3n) is 24.1. The molecule has 6 N–H and O–H groups in total. The molecule has 0 aromatic carbocycles. The van der Waals surface area contributed by atoms with E-state index in [0.29, 0.717) is 54.5 Å². The van der Waals surface area contributed by atoms with Gasteiger partial charge in [-0.05, 0) is 330 Å². The van der Waals surface area contributed by atoms with Gasteiger partial charge in [0, 0.05) is 48.7 Å². The molecule has 0 bridgehead atoms. The first kappa shape index (κ1) is 98.6. The molecule has 10 rings (SSSR count). The summed E-state index contributed by atoms with van der Waals surface area (Å²) < 4.78 is 5.06. The highest BCUT2D eigenvalue weighted by atomic mass is 16.5. The van der Waals surface area contributed by atoms with Gasteiger partial charge in [0.15, 0.2) is 0 Å². The van der Waals surface area contributed by atoms with Crippen molar-refractivity contribution in [1.29, 1.82) is 0 Å². The SMILES string of the molecule is C.CC(C)(C)C1CCCCC1.CC(C)(C)C1CCCCNC1.CC(C)(C)C1CCCNC1.CC(C)(C)C1CCCNCC1.CC(C)(C)C1CCNC1.CC(C)(C)C1CCNCC1.CC(C)(C)C1COC1.CC(C)(C)N1CCCC1.CC(C)(C)N1CCCCC1.CC(C)(C)N1CCNCC1. The topological polar surface area (TPSA) is 91.1 Å². The third kappa shape index (κ3) is 47.1. The van der Waals surface area contributed by atoms with Gasteiger partial charge < -0.3 is 36.6 Å². The Morgan fingerprint density at radius 1 is 0.212 bits per heavy atom. The van der Waals surface area contributed by atoms with Crippen molar-refractivity contribution in [2.75, 3.05) is 131 Å². The van der Waals surface area contributed by atoms with Crippen molar-refractivity contribution < 1.29 is 4.74 Å². The number of hydrogen-bond acceptors (Lipinski definition) is 10. The van der Waals surface area contributed by atoms with Crippen LogP contribution < -0.4 is 31.9 Å². The first-order chi connectivity index (χ1) is 45.1.